The van der Waals surface area contributed by atoms with Crippen molar-refractivity contribution in [2.75, 3.05) is 4.90 Å². The van der Waals surface area contributed by atoms with Crippen LogP contribution in [0.3, 0.4) is 0 Å². The fourth-order valence-corrected chi connectivity index (χ4v) is 8.54. The Labute approximate surface area is 349 Å². The maximum Gasteiger partial charge on any atom is 0.135 e. The average Bonchev–Trinajstić information content (AvgIpc) is 3.70. The standard InChI is InChI=1S/C58H39NO/c1-3-12-40(13-4-1)50-36-51(41-14-5-2-6-15-41)38-54(37-50)59(53-31-26-44(27-32-53)49-28-33-58-56(39-49)55-20-9-10-21-57(55)60-58)52-29-24-43(25-30-52)46-18-11-19-47(34-46)48-23-22-42-16-7-8-17-45(42)35-48/h1-39H. The molecule has 0 N–H and O–H groups in total. The molecule has 1 heterocycles. The van der Waals surface area contributed by atoms with Crippen molar-refractivity contribution < 1.29 is 4.42 Å². The van der Waals surface area contributed by atoms with Crippen molar-refractivity contribution in [3.8, 4) is 55.6 Å². The van der Waals surface area contributed by atoms with Crippen LogP contribution in [0.15, 0.2) is 241 Å². The van der Waals surface area contributed by atoms with Crippen molar-refractivity contribution >= 4 is 49.8 Å². The molecule has 1 aromatic heterocycles. The fraction of sp³-hybridized carbons (Fsp3) is 0. The average molecular weight is 766 g/mol. The van der Waals surface area contributed by atoms with Gasteiger partial charge >= 0.3 is 0 Å². The summed E-state index contributed by atoms with van der Waals surface area (Å²) < 4.78 is 6.14. The number of rotatable bonds is 8. The molecule has 0 aliphatic carbocycles. The third kappa shape index (κ3) is 6.70. The van der Waals surface area contributed by atoms with Crippen LogP contribution in [0.1, 0.15) is 0 Å². The Hall–Kier alpha value is -7.94. The molecule has 0 spiro atoms. The van der Waals surface area contributed by atoms with Gasteiger partial charge in [-0.15, -0.1) is 0 Å². The Morgan fingerprint density at radius 2 is 0.683 bits per heavy atom. The van der Waals surface area contributed by atoms with E-state index >= 15 is 0 Å². The van der Waals surface area contributed by atoms with Gasteiger partial charge in [-0.1, -0.05) is 164 Å². The predicted octanol–water partition coefficient (Wildman–Crippen LogP) is 16.5. The molecule has 11 rings (SSSR count). The number of furan rings is 1. The van der Waals surface area contributed by atoms with Gasteiger partial charge in [0.1, 0.15) is 11.2 Å². The molecular formula is C58H39NO. The second-order valence-electron chi connectivity index (χ2n) is 15.4. The van der Waals surface area contributed by atoms with Gasteiger partial charge in [-0.25, -0.2) is 0 Å². The third-order valence-corrected chi connectivity index (χ3v) is 11.6. The summed E-state index contributed by atoms with van der Waals surface area (Å²) in [5.74, 6) is 0. The van der Waals surface area contributed by atoms with Crippen molar-refractivity contribution in [1.82, 2.24) is 0 Å². The molecule has 0 fully saturated rings. The summed E-state index contributed by atoms with van der Waals surface area (Å²) in [5.41, 5.74) is 16.8. The molecule has 0 saturated carbocycles. The Balaban J connectivity index is 1.01. The minimum atomic E-state index is 0.902. The van der Waals surface area contributed by atoms with E-state index in [-0.39, 0.29) is 0 Å². The first kappa shape index (κ1) is 35.2. The van der Waals surface area contributed by atoms with Crippen LogP contribution < -0.4 is 4.90 Å². The van der Waals surface area contributed by atoms with E-state index in [1.807, 2.05) is 12.1 Å². The largest absolute Gasteiger partial charge is 0.456 e. The van der Waals surface area contributed by atoms with Crippen molar-refractivity contribution in [2.24, 2.45) is 0 Å². The van der Waals surface area contributed by atoms with E-state index in [1.165, 1.54) is 44.2 Å². The minimum absolute atomic E-state index is 0.902. The summed E-state index contributed by atoms with van der Waals surface area (Å²) in [6.45, 7) is 0. The summed E-state index contributed by atoms with van der Waals surface area (Å²) in [6, 6.07) is 85.1. The SMILES string of the molecule is c1ccc(-c2cc(-c3ccccc3)cc(N(c3ccc(-c4cccc(-c5ccc6ccccc6c5)c4)cc3)c3ccc(-c4ccc5oc6ccccc6c5c4)cc3)c2)cc1. The molecule has 0 aliphatic heterocycles. The molecule has 2 nitrogen and oxygen atoms in total. The highest BCUT2D eigenvalue weighted by atomic mass is 16.3. The molecule has 10 aromatic carbocycles. The minimum Gasteiger partial charge on any atom is -0.456 e. The lowest BCUT2D eigenvalue weighted by atomic mass is 9.96. The van der Waals surface area contributed by atoms with Gasteiger partial charge in [0.2, 0.25) is 0 Å². The van der Waals surface area contributed by atoms with Crippen molar-refractivity contribution in [3.63, 3.8) is 0 Å². The number of hydrogen-bond donors (Lipinski definition) is 0. The van der Waals surface area contributed by atoms with Crippen LogP contribution in [-0.2, 0) is 0 Å². The van der Waals surface area contributed by atoms with Gasteiger partial charge in [-0.05, 0) is 139 Å². The van der Waals surface area contributed by atoms with Crippen LogP contribution in [0.5, 0.6) is 0 Å². The van der Waals surface area contributed by atoms with E-state index in [4.69, 9.17) is 4.42 Å². The molecule has 0 amide bonds. The van der Waals surface area contributed by atoms with Crippen LogP contribution in [0.25, 0.3) is 88.3 Å². The second kappa shape index (κ2) is 15.1. The Morgan fingerprint density at radius 1 is 0.233 bits per heavy atom. The van der Waals surface area contributed by atoms with Gasteiger partial charge in [0, 0.05) is 27.8 Å². The molecule has 0 radical (unpaired) electrons. The topological polar surface area (TPSA) is 16.4 Å². The van der Waals surface area contributed by atoms with Gasteiger partial charge < -0.3 is 9.32 Å². The van der Waals surface area contributed by atoms with E-state index in [0.717, 1.165) is 61.3 Å². The molecular weight excluding hydrogens is 727 g/mol. The lowest BCUT2D eigenvalue weighted by Crippen LogP contribution is -2.10. The molecule has 2 heteroatoms. The number of anilines is 3. The summed E-state index contributed by atoms with van der Waals surface area (Å²) in [4.78, 5) is 2.38. The van der Waals surface area contributed by atoms with Crippen molar-refractivity contribution in [1.29, 1.82) is 0 Å². The van der Waals surface area contributed by atoms with Crippen LogP contribution in [0.2, 0.25) is 0 Å². The van der Waals surface area contributed by atoms with Crippen LogP contribution in [0.4, 0.5) is 17.1 Å². The summed E-state index contributed by atoms with van der Waals surface area (Å²) in [6.07, 6.45) is 0. The number of hydrogen-bond acceptors (Lipinski definition) is 2. The van der Waals surface area contributed by atoms with Crippen LogP contribution >= 0.6 is 0 Å². The molecule has 0 bridgehead atoms. The first-order chi connectivity index (χ1) is 29.7. The maximum absolute atomic E-state index is 6.14. The Kier molecular flexibility index (Phi) is 8.87. The summed E-state index contributed by atoms with van der Waals surface area (Å²) >= 11 is 0. The summed E-state index contributed by atoms with van der Waals surface area (Å²) in [7, 11) is 0. The number of para-hydroxylation sites is 1. The van der Waals surface area contributed by atoms with E-state index in [9.17, 15) is 0 Å². The fourth-order valence-electron chi connectivity index (χ4n) is 8.54. The lowest BCUT2D eigenvalue weighted by molar-refractivity contribution is 0.669. The van der Waals surface area contributed by atoms with Gasteiger partial charge in [-0.3, -0.25) is 0 Å². The van der Waals surface area contributed by atoms with Gasteiger partial charge in [-0.2, -0.15) is 0 Å². The number of nitrogens with zero attached hydrogens (tertiary/aromatic N) is 1. The van der Waals surface area contributed by atoms with Crippen molar-refractivity contribution in [2.45, 2.75) is 0 Å². The number of benzene rings is 10. The molecule has 11 aromatic rings. The monoisotopic (exact) mass is 765 g/mol. The van der Waals surface area contributed by atoms with E-state index in [0.29, 0.717) is 0 Å². The highest BCUT2D eigenvalue weighted by Gasteiger charge is 2.17. The summed E-state index contributed by atoms with van der Waals surface area (Å²) in [5, 5.41) is 4.76. The first-order valence-corrected chi connectivity index (χ1v) is 20.5. The Bertz CT molecular complexity index is 3230. The van der Waals surface area contributed by atoms with Crippen molar-refractivity contribution in [3.05, 3.63) is 237 Å². The van der Waals surface area contributed by atoms with Gasteiger partial charge in [0.25, 0.3) is 0 Å². The normalized spacial score (nSPS) is 11.3. The maximum atomic E-state index is 6.14. The second-order valence-corrected chi connectivity index (χ2v) is 15.4. The molecule has 0 unspecified atom stereocenters. The third-order valence-electron chi connectivity index (χ3n) is 11.6. The zero-order chi connectivity index (χ0) is 39.8. The smallest absolute Gasteiger partial charge is 0.135 e. The zero-order valence-corrected chi connectivity index (χ0v) is 32.9. The molecule has 0 atom stereocenters. The highest BCUT2D eigenvalue weighted by molar-refractivity contribution is 6.06. The quantitative estimate of drug-likeness (QED) is 0.153. The highest BCUT2D eigenvalue weighted by Crippen LogP contribution is 2.42. The van der Waals surface area contributed by atoms with Crippen LogP contribution in [-0.4, -0.2) is 0 Å². The van der Waals surface area contributed by atoms with E-state index in [2.05, 4.69) is 229 Å². The van der Waals surface area contributed by atoms with E-state index < -0.39 is 0 Å². The van der Waals surface area contributed by atoms with Gasteiger partial charge in [0.05, 0.1) is 0 Å². The number of fused-ring (bicyclic) bond motifs is 4. The predicted molar refractivity (Wildman–Crippen MR) is 253 cm³/mol. The van der Waals surface area contributed by atoms with Gasteiger partial charge in [0.15, 0.2) is 0 Å². The lowest BCUT2D eigenvalue weighted by Gasteiger charge is -2.27. The Morgan fingerprint density at radius 3 is 1.35 bits per heavy atom. The zero-order valence-electron chi connectivity index (χ0n) is 32.9. The first-order valence-electron chi connectivity index (χ1n) is 20.5. The molecule has 0 saturated heterocycles. The molecule has 282 valence electrons. The molecule has 0 aliphatic rings. The van der Waals surface area contributed by atoms with Crippen LogP contribution in [0, 0.1) is 0 Å². The van der Waals surface area contributed by atoms with E-state index in [1.54, 1.807) is 0 Å². The molecule has 60 heavy (non-hydrogen) atoms.